The van der Waals surface area contributed by atoms with E-state index in [2.05, 4.69) is 10.3 Å². The molecule has 1 aromatic heterocycles. The molecule has 2 aromatic rings. The molecule has 1 aromatic carbocycles. The summed E-state index contributed by atoms with van der Waals surface area (Å²) < 4.78 is 18.6. The van der Waals surface area contributed by atoms with E-state index < -0.39 is 11.6 Å². The number of hydrogen-bond acceptors (Lipinski definition) is 4. The number of hydrogen-bond donors (Lipinski definition) is 2. The van der Waals surface area contributed by atoms with Crippen LogP contribution in [0.2, 0.25) is 0 Å². The van der Waals surface area contributed by atoms with Gasteiger partial charge in [0, 0.05) is 12.3 Å². The first-order valence-corrected chi connectivity index (χ1v) is 7.62. The van der Waals surface area contributed by atoms with Gasteiger partial charge in [-0.3, -0.25) is 4.79 Å². The zero-order valence-electron chi connectivity index (χ0n) is 13.9. The lowest BCUT2D eigenvalue weighted by Crippen LogP contribution is -2.47. The van der Waals surface area contributed by atoms with E-state index in [1.807, 2.05) is 0 Å². The van der Waals surface area contributed by atoms with Gasteiger partial charge in [-0.1, -0.05) is 12.1 Å². The van der Waals surface area contributed by atoms with Crippen LogP contribution in [0.25, 0.3) is 0 Å². The molecule has 0 radical (unpaired) electrons. The number of benzene rings is 1. The summed E-state index contributed by atoms with van der Waals surface area (Å²) in [5, 5.41) is 12.6. The van der Waals surface area contributed by atoms with E-state index in [1.54, 1.807) is 45.0 Å². The Balaban J connectivity index is 1.94. The van der Waals surface area contributed by atoms with Crippen molar-refractivity contribution in [1.29, 1.82) is 0 Å². The molecule has 1 heterocycles. The smallest absolute Gasteiger partial charge is 0.253 e. The number of aromatic nitrogens is 1. The normalized spacial score (nSPS) is 12.5. The van der Waals surface area contributed by atoms with Gasteiger partial charge in [-0.05, 0) is 44.5 Å². The number of nitrogens with zero attached hydrogens (tertiary/aromatic N) is 1. The van der Waals surface area contributed by atoms with E-state index in [-0.39, 0.29) is 18.3 Å². The summed E-state index contributed by atoms with van der Waals surface area (Å²) in [6, 6.07) is 8.86. The fraction of sp³-hybridized carbons (Fsp3) is 0.333. The second-order valence-electron chi connectivity index (χ2n) is 6.15. The second kappa shape index (κ2) is 7.40. The molecule has 2 N–H and O–H groups in total. The summed E-state index contributed by atoms with van der Waals surface area (Å²) in [7, 11) is 0. The summed E-state index contributed by atoms with van der Waals surface area (Å²) in [6.07, 6.45) is 1.40. The third-order valence-electron chi connectivity index (χ3n) is 3.68. The molecule has 24 heavy (non-hydrogen) atoms. The van der Waals surface area contributed by atoms with Crippen molar-refractivity contribution >= 4 is 5.91 Å². The van der Waals surface area contributed by atoms with Crippen LogP contribution < -0.4 is 10.1 Å². The van der Waals surface area contributed by atoms with Crippen LogP contribution in [0.3, 0.4) is 0 Å². The van der Waals surface area contributed by atoms with Crippen molar-refractivity contribution in [2.24, 2.45) is 0 Å². The number of pyridine rings is 1. The van der Waals surface area contributed by atoms with Crippen molar-refractivity contribution in [1.82, 2.24) is 10.3 Å². The quantitative estimate of drug-likeness (QED) is 0.853. The minimum absolute atomic E-state index is 0.187. The van der Waals surface area contributed by atoms with Crippen molar-refractivity contribution in [3.63, 3.8) is 0 Å². The number of carbonyl (C=O) groups excluding carboxylic acids is 1. The molecule has 0 aliphatic heterocycles. The number of nitrogens with one attached hydrogen (secondary N) is 1. The van der Waals surface area contributed by atoms with Crippen LogP contribution in [0.15, 0.2) is 42.6 Å². The average Bonchev–Trinajstić information content (AvgIpc) is 2.52. The molecule has 1 amide bonds. The van der Waals surface area contributed by atoms with Crippen molar-refractivity contribution in [2.75, 3.05) is 0 Å². The van der Waals surface area contributed by atoms with Crippen molar-refractivity contribution in [3.8, 4) is 5.88 Å². The molecule has 0 bridgehead atoms. The zero-order valence-corrected chi connectivity index (χ0v) is 13.9. The predicted octanol–water partition coefficient (Wildman–Crippen LogP) is 2.69. The molecule has 0 aliphatic rings. The molecule has 128 valence electrons. The Bertz CT molecular complexity index is 696. The largest absolute Gasteiger partial charge is 0.473 e. The van der Waals surface area contributed by atoms with Crippen LogP contribution in [0.4, 0.5) is 4.39 Å². The first-order chi connectivity index (χ1) is 11.3. The maximum Gasteiger partial charge on any atom is 0.253 e. The van der Waals surface area contributed by atoms with Gasteiger partial charge in [0.25, 0.3) is 5.91 Å². The molecule has 0 fully saturated rings. The van der Waals surface area contributed by atoms with Gasteiger partial charge in [0.15, 0.2) is 0 Å². The summed E-state index contributed by atoms with van der Waals surface area (Å²) in [5.74, 6) is -0.308. The number of aliphatic hydroxyl groups is 1. The van der Waals surface area contributed by atoms with Crippen LogP contribution in [0.5, 0.6) is 5.88 Å². The third-order valence-corrected chi connectivity index (χ3v) is 3.68. The van der Waals surface area contributed by atoms with Gasteiger partial charge in [0.1, 0.15) is 12.4 Å². The van der Waals surface area contributed by atoms with Gasteiger partial charge in [-0.25, -0.2) is 9.37 Å². The van der Waals surface area contributed by atoms with Gasteiger partial charge in [-0.2, -0.15) is 0 Å². The second-order valence-corrected chi connectivity index (χ2v) is 6.15. The highest BCUT2D eigenvalue weighted by atomic mass is 19.1. The van der Waals surface area contributed by atoms with Crippen LogP contribution in [-0.2, 0) is 6.61 Å². The molecule has 0 saturated carbocycles. The predicted molar refractivity (Wildman–Crippen MR) is 88.2 cm³/mol. The van der Waals surface area contributed by atoms with Crippen LogP contribution in [0, 0.1) is 5.82 Å². The minimum atomic E-state index is -1.02. The number of halogens is 1. The Morgan fingerprint density at radius 3 is 2.71 bits per heavy atom. The average molecular weight is 332 g/mol. The van der Waals surface area contributed by atoms with Gasteiger partial charge in [0.05, 0.1) is 17.2 Å². The van der Waals surface area contributed by atoms with E-state index in [9.17, 15) is 14.3 Å². The highest BCUT2D eigenvalue weighted by Crippen LogP contribution is 2.13. The summed E-state index contributed by atoms with van der Waals surface area (Å²) in [5.41, 5.74) is 0.0405. The number of rotatable bonds is 6. The minimum Gasteiger partial charge on any atom is -0.473 e. The first-order valence-electron chi connectivity index (χ1n) is 7.62. The Kier molecular flexibility index (Phi) is 5.51. The van der Waals surface area contributed by atoms with E-state index in [0.29, 0.717) is 17.0 Å². The van der Waals surface area contributed by atoms with Crippen LogP contribution in [-0.4, -0.2) is 27.6 Å². The Morgan fingerprint density at radius 1 is 1.38 bits per heavy atom. The zero-order chi connectivity index (χ0) is 17.7. The van der Waals surface area contributed by atoms with Gasteiger partial charge < -0.3 is 15.2 Å². The lowest BCUT2D eigenvalue weighted by atomic mass is 10.0. The van der Waals surface area contributed by atoms with Crippen LogP contribution in [0.1, 0.15) is 36.7 Å². The maximum atomic E-state index is 13.1. The maximum absolute atomic E-state index is 13.1. The first kappa shape index (κ1) is 17.9. The van der Waals surface area contributed by atoms with E-state index in [1.165, 1.54) is 18.3 Å². The van der Waals surface area contributed by atoms with E-state index >= 15 is 0 Å². The standard InChI is InChI=1S/C18H21FN2O3/c1-12(18(2,3)23)21-17(22)14-7-8-16(20-10-14)24-11-13-5-4-6-15(19)9-13/h4-10,12,23H,11H2,1-3H3,(H,21,22)/t12-/m0/s1. The fourth-order valence-corrected chi connectivity index (χ4v) is 1.84. The number of carbonyl (C=O) groups is 1. The SMILES string of the molecule is C[C@H](NC(=O)c1ccc(OCc2cccc(F)c2)nc1)C(C)(C)O. The van der Waals surface area contributed by atoms with Crippen molar-refractivity contribution in [3.05, 3.63) is 59.5 Å². The molecular formula is C18H21FN2O3. The summed E-state index contributed by atoms with van der Waals surface area (Å²) in [6.45, 7) is 5.16. The molecule has 0 spiro atoms. The number of amides is 1. The number of ether oxygens (including phenoxy) is 1. The fourth-order valence-electron chi connectivity index (χ4n) is 1.84. The topological polar surface area (TPSA) is 71.5 Å². The lowest BCUT2D eigenvalue weighted by Gasteiger charge is -2.26. The molecule has 6 heteroatoms. The monoisotopic (exact) mass is 332 g/mol. The van der Waals surface area contributed by atoms with Crippen LogP contribution >= 0.6 is 0 Å². The molecule has 0 unspecified atom stereocenters. The highest BCUT2D eigenvalue weighted by molar-refractivity contribution is 5.94. The lowest BCUT2D eigenvalue weighted by molar-refractivity contribution is 0.0408. The van der Waals surface area contributed by atoms with E-state index in [0.717, 1.165) is 0 Å². The van der Waals surface area contributed by atoms with Gasteiger partial charge in [0.2, 0.25) is 5.88 Å². The molecule has 1 atom stereocenters. The highest BCUT2D eigenvalue weighted by Gasteiger charge is 2.24. The Hall–Kier alpha value is -2.47. The van der Waals surface area contributed by atoms with Crippen molar-refractivity contribution < 1.29 is 19.0 Å². The summed E-state index contributed by atoms with van der Waals surface area (Å²) in [4.78, 5) is 16.2. The Morgan fingerprint density at radius 2 is 2.12 bits per heavy atom. The van der Waals surface area contributed by atoms with E-state index in [4.69, 9.17) is 4.74 Å². The molecule has 0 saturated heterocycles. The van der Waals surface area contributed by atoms with Crippen molar-refractivity contribution in [2.45, 2.75) is 39.0 Å². The molecule has 0 aliphatic carbocycles. The molecular weight excluding hydrogens is 311 g/mol. The Labute approximate surface area is 140 Å². The summed E-state index contributed by atoms with van der Waals surface area (Å²) >= 11 is 0. The molecule has 2 rings (SSSR count). The molecule has 5 nitrogen and oxygen atoms in total. The van der Waals surface area contributed by atoms with Gasteiger partial charge >= 0.3 is 0 Å². The van der Waals surface area contributed by atoms with Gasteiger partial charge in [-0.15, -0.1) is 0 Å². The third kappa shape index (κ3) is 5.03.